The zero-order chi connectivity index (χ0) is 24.2. The van der Waals surface area contributed by atoms with Gasteiger partial charge in [-0.3, -0.25) is 10.8 Å². The highest BCUT2D eigenvalue weighted by Gasteiger charge is 2.19. The van der Waals surface area contributed by atoms with E-state index >= 15 is 0 Å². The Morgan fingerprint density at radius 1 is 0.417 bits per heavy atom. The molecule has 0 saturated heterocycles. The third-order valence-corrected chi connectivity index (χ3v) is 7.27. The number of allylic oxidation sites excluding steroid dienone is 4. The molecule has 0 bridgehead atoms. The van der Waals surface area contributed by atoms with Gasteiger partial charge in [-0.2, -0.15) is 0 Å². The van der Waals surface area contributed by atoms with Gasteiger partial charge in [-0.15, -0.1) is 0 Å². The molecule has 0 unspecified atom stereocenters. The van der Waals surface area contributed by atoms with Gasteiger partial charge in [-0.1, -0.05) is 97.1 Å². The molecule has 2 nitrogen and oxygen atoms in total. The average Bonchev–Trinajstić information content (AvgIpc) is 2.93. The number of fused-ring (bicyclic) bond motifs is 6. The molecule has 0 aromatic heterocycles. The molecule has 0 aliphatic heterocycles. The van der Waals surface area contributed by atoms with Gasteiger partial charge in [0, 0.05) is 5.57 Å². The number of hydrogen-bond acceptors (Lipinski definition) is 2. The van der Waals surface area contributed by atoms with Crippen molar-refractivity contribution in [2.45, 2.75) is 0 Å². The van der Waals surface area contributed by atoms with E-state index in [0.29, 0.717) is 0 Å². The minimum atomic E-state index is 0.236. The number of nitrogens with one attached hydrogen (secondary N) is 2. The van der Waals surface area contributed by atoms with Crippen molar-refractivity contribution in [1.82, 2.24) is 0 Å². The summed E-state index contributed by atoms with van der Waals surface area (Å²) in [6, 6.07) is 38.3. The summed E-state index contributed by atoms with van der Waals surface area (Å²) in [5.74, 6) is 0. The molecular formula is C34H22N2. The maximum Gasteiger partial charge on any atom is 0.0867 e. The van der Waals surface area contributed by atoms with Gasteiger partial charge in [0.05, 0.1) is 11.4 Å². The molecule has 36 heavy (non-hydrogen) atoms. The molecule has 0 spiro atoms. The topological polar surface area (TPSA) is 47.7 Å². The minimum Gasteiger partial charge on any atom is -0.299 e. The van der Waals surface area contributed by atoms with E-state index in [1.165, 1.54) is 37.7 Å². The average molecular weight is 459 g/mol. The fourth-order valence-corrected chi connectivity index (χ4v) is 5.41. The number of benzene rings is 6. The second kappa shape index (κ2) is 7.86. The van der Waals surface area contributed by atoms with Gasteiger partial charge in [0.2, 0.25) is 0 Å². The lowest BCUT2D eigenvalue weighted by Crippen LogP contribution is -2.15. The van der Waals surface area contributed by atoms with E-state index in [2.05, 4.69) is 115 Å². The molecule has 6 aromatic rings. The first-order valence-corrected chi connectivity index (χ1v) is 12.1. The standard InChI is InChI=1S/C34H22N2/c35-33-20-27(23-13-15-30-24(17-23)11-9-21-5-1-3-7-28(21)30)19-32(34(33)36)26-14-16-31-25(18-26)12-10-22-6-2-4-8-29(22)31/h1-20,35-36H. The fourth-order valence-electron chi connectivity index (χ4n) is 5.41. The van der Waals surface area contributed by atoms with Crippen LogP contribution < -0.4 is 0 Å². The molecule has 0 radical (unpaired) electrons. The summed E-state index contributed by atoms with van der Waals surface area (Å²) in [6.45, 7) is 0. The highest BCUT2D eigenvalue weighted by Crippen LogP contribution is 2.34. The molecule has 6 aromatic carbocycles. The molecule has 2 heteroatoms. The Hall–Kier alpha value is -4.82. The van der Waals surface area contributed by atoms with E-state index in [9.17, 15) is 0 Å². The molecule has 0 heterocycles. The molecular weight excluding hydrogens is 436 g/mol. The Bertz CT molecular complexity index is 1970. The van der Waals surface area contributed by atoms with Gasteiger partial charge < -0.3 is 0 Å². The summed E-state index contributed by atoms with van der Waals surface area (Å²) >= 11 is 0. The first-order valence-electron chi connectivity index (χ1n) is 12.1. The van der Waals surface area contributed by atoms with E-state index in [1.807, 2.05) is 6.08 Å². The van der Waals surface area contributed by atoms with Gasteiger partial charge in [0.25, 0.3) is 0 Å². The number of hydrogen-bond donors (Lipinski definition) is 2. The summed E-state index contributed by atoms with van der Waals surface area (Å²) in [7, 11) is 0. The van der Waals surface area contributed by atoms with Crippen molar-refractivity contribution in [1.29, 1.82) is 10.8 Å². The van der Waals surface area contributed by atoms with Gasteiger partial charge in [-0.05, 0) is 84.1 Å². The summed E-state index contributed by atoms with van der Waals surface area (Å²) in [5.41, 5.74) is 4.25. The normalized spacial score (nSPS) is 14.0. The lowest BCUT2D eigenvalue weighted by molar-refractivity contribution is 1.48. The zero-order valence-electron chi connectivity index (χ0n) is 19.5. The van der Waals surface area contributed by atoms with Gasteiger partial charge >= 0.3 is 0 Å². The van der Waals surface area contributed by atoms with Gasteiger partial charge in [-0.25, -0.2) is 0 Å². The Labute approximate surface area is 208 Å². The maximum atomic E-state index is 8.67. The Kier molecular flexibility index (Phi) is 4.49. The Morgan fingerprint density at radius 3 is 1.56 bits per heavy atom. The third-order valence-electron chi connectivity index (χ3n) is 7.27. The van der Waals surface area contributed by atoms with Gasteiger partial charge in [0.1, 0.15) is 0 Å². The van der Waals surface area contributed by atoms with Crippen LogP contribution in [0.2, 0.25) is 0 Å². The zero-order valence-corrected chi connectivity index (χ0v) is 19.5. The van der Waals surface area contributed by atoms with Crippen LogP contribution in [0.4, 0.5) is 0 Å². The molecule has 7 rings (SSSR count). The second-order valence-corrected chi connectivity index (χ2v) is 9.39. The van der Waals surface area contributed by atoms with E-state index in [-0.39, 0.29) is 11.4 Å². The highest BCUT2D eigenvalue weighted by atomic mass is 14.5. The van der Waals surface area contributed by atoms with Crippen LogP contribution in [0.25, 0.3) is 54.2 Å². The van der Waals surface area contributed by atoms with Crippen molar-refractivity contribution < 1.29 is 0 Å². The molecule has 0 fully saturated rings. The van der Waals surface area contributed by atoms with Crippen LogP contribution in [0.15, 0.2) is 121 Å². The molecule has 1 aliphatic rings. The first kappa shape index (κ1) is 20.5. The van der Waals surface area contributed by atoms with E-state index in [0.717, 1.165) is 27.7 Å². The highest BCUT2D eigenvalue weighted by molar-refractivity contribution is 6.61. The molecule has 1 aliphatic carbocycles. The van der Waals surface area contributed by atoms with E-state index in [1.54, 1.807) is 0 Å². The first-order chi connectivity index (χ1) is 17.7. The molecule has 0 amide bonds. The molecule has 0 saturated carbocycles. The summed E-state index contributed by atoms with van der Waals surface area (Å²) in [5, 5.41) is 26.9. The van der Waals surface area contributed by atoms with E-state index < -0.39 is 0 Å². The van der Waals surface area contributed by atoms with Crippen molar-refractivity contribution in [3.63, 3.8) is 0 Å². The lowest BCUT2D eigenvalue weighted by Gasteiger charge is -2.18. The van der Waals surface area contributed by atoms with E-state index in [4.69, 9.17) is 10.8 Å². The Morgan fingerprint density at radius 2 is 0.917 bits per heavy atom. The lowest BCUT2D eigenvalue weighted by atomic mass is 9.86. The fraction of sp³-hybridized carbons (Fsp3) is 0. The SMILES string of the molecule is N=C1C=C(c2ccc3c(ccc4ccccc43)c2)C=C(c2ccc3c(ccc4ccccc43)c2)C1=N. The third kappa shape index (κ3) is 3.19. The van der Waals surface area contributed by atoms with Crippen molar-refractivity contribution in [3.05, 3.63) is 132 Å². The smallest absolute Gasteiger partial charge is 0.0867 e. The Balaban J connectivity index is 1.35. The maximum absolute atomic E-state index is 8.67. The largest absolute Gasteiger partial charge is 0.299 e. The molecule has 0 atom stereocenters. The predicted octanol–water partition coefficient (Wildman–Crippen LogP) is 8.82. The molecule has 168 valence electrons. The van der Waals surface area contributed by atoms with Crippen molar-refractivity contribution >= 4 is 65.7 Å². The van der Waals surface area contributed by atoms with Crippen molar-refractivity contribution in [3.8, 4) is 0 Å². The molecule has 2 N–H and O–H groups in total. The monoisotopic (exact) mass is 458 g/mol. The summed E-state index contributed by atoms with van der Waals surface area (Å²) in [4.78, 5) is 0. The number of rotatable bonds is 2. The second-order valence-electron chi connectivity index (χ2n) is 9.39. The van der Waals surface area contributed by atoms with Crippen LogP contribution >= 0.6 is 0 Å². The van der Waals surface area contributed by atoms with Crippen LogP contribution in [0.5, 0.6) is 0 Å². The predicted molar refractivity (Wildman–Crippen MR) is 154 cm³/mol. The van der Waals surface area contributed by atoms with Crippen molar-refractivity contribution in [2.75, 3.05) is 0 Å². The van der Waals surface area contributed by atoms with Crippen LogP contribution in [-0.4, -0.2) is 11.4 Å². The van der Waals surface area contributed by atoms with Crippen LogP contribution in [0, 0.1) is 10.8 Å². The van der Waals surface area contributed by atoms with Crippen LogP contribution in [-0.2, 0) is 0 Å². The van der Waals surface area contributed by atoms with Crippen LogP contribution in [0.1, 0.15) is 11.1 Å². The van der Waals surface area contributed by atoms with Crippen molar-refractivity contribution in [2.24, 2.45) is 0 Å². The summed E-state index contributed by atoms with van der Waals surface area (Å²) in [6.07, 6.45) is 3.87. The summed E-state index contributed by atoms with van der Waals surface area (Å²) < 4.78 is 0. The minimum absolute atomic E-state index is 0.236. The van der Waals surface area contributed by atoms with Gasteiger partial charge in [0.15, 0.2) is 0 Å². The van der Waals surface area contributed by atoms with Crippen LogP contribution in [0.3, 0.4) is 0 Å². The quantitative estimate of drug-likeness (QED) is 0.192.